The van der Waals surface area contributed by atoms with Crippen molar-refractivity contribution in [3.05, 3.63) is 18.0 Å². The topological polar surface area (TPSA) is 48.9 Å². The molecule has 1 aromatic rings. The molecule has 1 saturated carbocycles. The van der Waals surface area contributed by atoms with E-state index >= 15 is 0 Å². The van der Waals surface area contributed by atoms with Gasteiger partial charge in [0.2, 0.25) is 0 Å². The lowest BCUT2D eigenvalue weighted by Crippen LogP contribution is -2.11. The fourth-order valence-electron chi connectivity index (χ4n) is 1.21. The number of hydrogen-bond donors (Lipinski definition) is 2. The van der Waals surface area contributed by atoms with Gasteiger partial charge in [0.1, 0.15) is 0 Å². The predicted molar refractivity (Wildman–Crippen MR) is 59.2 cm³/mol. The quantitative estimate of drug-likeness (QED) is 0.766. The van der Waals surface area contributed by atoms with E-state index in [1.807, 2.05) is 6.07 Å². The molecule has 1 aliphatic rings. The molecule has 3 heteroatoms. The third-order valence-electron chi connectivity index (χ3n) is 2.23. The highest BCUT2D eigenvalue weighted by atomic mass is 16.3. The molecule has 0 spiro atoms. The lowest BCUT2D eigenvalue weighted by Gasteiger charge is -2.06. The Balaban J connectivity index is 0.000000346. The Morgan fingerprint density at radius 1 is 1.57 bits per heavy atom. The zero-order valence-electron chi connectivity index (χ0n) is 9.25. The highest BCUT2D eigenvalue weighted by Gasteiger charge is 2.44. The first-order chi connectivity index (χ1) is 6.60. The molecule has 1 fully saturated rings. The van der Waals surface area contributed by atoms with Crippen LogP contribution in [0.25, 0.3) is 0 Å². The zero-order valence-corrected chi connectivity index (χ0v) is 9.25. The zero-order chi connectivity index (χ0) is 10.6. The molecule has 0 unspecified atom stereocenters. The minimum Gasteiger partial charge on any atom is -0.395 e. The standard InChI is InChI=1S/C7H10N2O.C4H10.H2/c10-5-7(2-3-7)6-1-4-8-9-6;1-4(2)3;/h1,4,10H,2-3,5H2,(H,8,9);4H,1-3H3;1H. The van der Waals surface area contributed by atoms with Crippen molar-refractivity contribution in [3.8, 4) is 0 Å². The number of H-pyrrole nitrogens is 1. The summed E-state index contributed by atoms with van der Waals surface area (Å²) >= 11 is 0. The van der Waals surface area contributed by atoms with Crippen molar-refractivity contribution >= 4 is 0 Å². The number of aliphatic hydroxyl groups is 1. The molecule has 2 rings (SSSR count). The first-order valence-corrected chi connectivity index (χ1v) is 5.21. The Kier molecular flexibility index (Phi) is 3.69. The van der Waals surface area contributed by atoms with Crippen LogP contribution in [0.15, 0.2) is 12.3 Å². The molecule has 82 valence electrons. The van der Waals surface area contributed by atoms with E-state index in [-0.39, 0.29) is 13.4 Å². The Labute approximate surface area is 87.0 Å². The molecular weight excluding hydrogens is 176 g/mol. The van der Waals surface area contributed by atoms with Gasteiger partial charge in [-0.05, 0) is 24.8 Å². The number of hydrogen-bond acceptors (Lipinski definition) is 2. The van der Waals surface area contributed by atoms with Gasteiger partial charge < -0.3 is 5.11 Å². The van der Waals surface area contributed by atoms with E-state index in [2.05, 4.69) is 31.0 Å². The van der Waals surface area contributed by atoms with E-state index in [9.17, 15) is 0 Å². The number of rotatable bonds is 2. The van der Waals surface area contributed by atoms with Gasteiger partial charge in [0.15, 0.2) is 0 Å². The average molecular weight is 198 g/mol. The second-order valence-electron chi connectivity index (χ2n) is 4.64. The van der Waals surface area contributed by atoms with E-state index in [0.29, 0.717) is 0 Å². The van der Waals surface area contributed by atoms with Crippen molar-refractivity contribution in [2.45, 2.75) is 39.0 Å². The maximum Gasteiger partial charge on any atom is 0.0542 e. The Hall–Kier alpha value is -0.830. The molecule has 1 aromatic heterocycles. The van der Waals surface area contributed by atoms with Crippen LogP contribution in [0.2, 0.25) is 0 Å². The van der Waals surface area contributed by atoms with Crippen molar-refractivity contribution in [1.29, 1.82) is 0 Å². The SMILES string of the molecule is CC(C)C.OCC1(c2ccn[nH]2)CC1.[HH]. The van der Waals surface area contributed by atoms with Gasteiger partial charge >= 0.3 is 0 Å². The summed E-state index contributed by atoms with van der Waals surface area (Å²) in [5.41, 5.74) is 1.13. The molecule has 0 aromatic carbocycles. The van der Waals surface area contributed by atoms with Gasteiger partial charge in [0.05, 0.1) is 6.61 Å². The minimum atomic E-state index is 0. The largest absolute Gasteiger partial charge is 0.395 e. The smallest absolute Gasteiger partial charge is 0.0542 e. The lowest BCUT2D eigenvalue weighted by molar-refractivity contribution is 0.252. The lowest BCUT2D eigenvalue weighted by atomic mass is 10.1. The summed E-state index contributed by atoms with van der Waals surface area (Å²) in [7, 11) is 0. The van der Waals surface area contributed by atoms with Crippen molar-refractivity contribution < 1.29 is 6.53 Å². The summed E-state index contributed by atoms with van der Waals surface area (Å²) < 4.78 is 0. The van der Waals surface area contributed by atoms with Gasteiger partial charge in [0.25, 0.3) is 0 Å². The molecule has 1 aliphatic carbocycles. The van der Waals surface area contributed by atoms with Crippen LogP contribution in [-0.4, -0.2) is 21.9 Å². The van der Waals surface area contributed by atoms with E-state index in [0.717, 1.165) is 24.5 Å². The van der Waals surface area contributed by atoms with E-state index in [1.165, 1.54) is 0 Å². The Bertz CT molecular complexity index is 253. The normalized spacial score (nSPS) is 17.5. The van der Waals surface area contributed by atoms with Gasteiger partial charge in [-0.15, -0.1) is 0 Å². The van der Waals surface area contributed by atoms with Crippen LogP contribution >= 0.6 is 0 Å². The maximum absolute atomic E-state index is 8.98. The molecule has 0 radical (unpaired) electrons. The third kappa shape index (κ3) is 2.84. The molecule has 0 aliphatic heterocycles. The number of nitrogens with one attached hydrogen (secondary N) is 1. The van der Waals surface area contributed by atoms with Crippen molar-refractivity contribution in [1.82, 2.24) is 10.2 Å². The molecule has 1 heterocycles. The summed E-state index contributed by atoms with van der Waals surface area (Å²) in [6.45, 7) is 6.75. The molecule has 0 amide bonds. The highest BCUT2D eigenvalue weighted by molar-refractivity contribution is 5.22. The first-order valence-electron chi connectivity index (χ1n) is 5.21. The first kappa shape index (κ1) is 11.2. The van der Waals surface area contributed by atoms with Crippen molar-refractivity contribution in [3.63, 3.8) is 0 Å². The van der Waals surface area contributed by atoms with E-state index in [1.54, 1.807) is 6.20 Å². The van der Waals surface area contributed by atoms with Crippen molar-refractivity contribution in [2.24, 2.45) is 5.92 Å². The van der Waals surface area contributed by atoms with Crippen LogP contribution in [0.1, 0.15) is 40.7 Å². The highest BCUT2D eigenvalue weighted by Crippen LogP contribution is 2.46. The fraction of sp³-hybridized carbons (Fsp3) is 0.727. The molecular formula is C11H22N2O. The van der Waals surface area contributed by atoms with Gasteiger partial charge in [-0.1, -0.05) is 20.8 Å². The van der Waals surface area contributed by atoms with Crippen LogP contribution in [-0.2, 0) is 5.41 Å². The summed E-state index contributed by atoms with van der Waals surface area (Å²) in [5, 5.41) is 15.7. The molecule has 14 heavy (non-hydrogen) atoms. The summed E-state index contributed by atoms with van der Waals surface area (Å²) in [6, 6.07) is 1.93. The summed E-state index contributed by atoms with van der Waals surface area (Å²) in [4.78, 5) is 0. The minimum absolute atomic E-state index is 0. The molecule has 0 atom stereocenters. The van der Waals surface area contributed by atoms with E-state index < -0.39 is 0 Å². The summed E-state index contributed by atoms with van der Waals surface area (Å²) in [5.74, 6) is 0.833. The van der Waals surface area contributed by atoms with Gasteiger partial charge in [-0.3, -0.25) is 5.10 Å². The average Bonchev–Trinajstić information content (AvgIpc) is 2.72. The number of aromatic amines is 1. The van der Waals surface area contributed by atoms with Crippen LogP contribution in [0.5, 0.6) is 0 Å². The molecule has 3 nitrogen and oxygen atoms in total. The van der Waals surface area contributed by atoms with Crippen LogP contribution in [0.4, 0.5) is 0 Å². The molecule has 0 bridgehead atoms. The van der Waals surface area contributed by atoms with Crippen LogP contribution < -0.4 is 0 Å². The third-order valence-corrected chi connectivity index (χ3v) is 2.23. The Morgan fingerprint density at radius 2 is 2.14 bits per heavy atom. The molecule has 0 saturated heterocycles. The van der Waals surface area contributed by atoms with E-state index in [4.69, 9.17) is 5.11 Å². The number of nitrogens with zero attached hydrogens (tertiary/aromatic N) is 1. The maximum atomic E-state index is 8.98. The fourth-order valence-corrected chi connectivity index (χ4v) is 1.21. The summed E-state index contributed by atoms with van der Waals surface area (Å²) in [6.07, 6.45) is 3.91. The number of aliphatic hydroxyl groups excluding tert-OH is 1. The van der Waals surface area contributed by atoms with Crippen molar-refractivity contribution in [2.75, 3.05) is 6.61 Å². The Morgan fingerprint density at radius 3 is 2.43 bits per heavy atom. The second kappa shape index (κ2) is 4.60. The van der Waals surface area contributed by atoms with Crippen LogP contribution in [0, 0.1) is 5.92 Å². The molecule has 2 N–H and O–H groups in total. The van der Waals surface area contributed by atoms with Gasteiger partial charge in [0, 0.05) is 18.7 Å². The van der Waals surface area contributed by atoms with Gasteiger partial charge in [-0.25, -0.2) is 0 Å². The van der Waals surface area contributed by atoms with Crippen LogP contribution in [0.3, 0.4) is 0 Å². The number of aromatic nitrogens is 2. The van der Waals surface area contributed by atoms with Gasteiger partial charge in [-0.2, -0.15) is 5.10 Å². The second-order valence-corrected chi connectivity index (χ2v) is 4.64. The monoisotopic (exact) mass is 198 g/mol. The predicted octanol–water partition coefficient (Wildman–Crippen LogP) is 2.34.